The fourth-order valence-corrected chi connectivity index (χ4v) is 13.1. The number of hydrogen-bond donors (Lipinski definition) is 0. The van der Waals surface area contributed by atoms with E-state index in [-0.39, 0.29) is 5.41 Å². The highest BCUT2D eigenvalue weighted by Crippen LogP contribution is 2.62. The van der Waals surface area contributed by atoms with Gasteiger partial charge in [-0.15, -0.1) is 11.3 Å². The highest BCUT2D eigenvalue weighted by molar-refractivity contribution is 7.26. The summed E-state index contributed by atoms with van der Waals surface area (Å²) in [5, 5.41) is 5.24. The average Bonchev–Trinajstić information content (AvgIpc) is 3.95. The number of anilines is 3. The summed E-state index contributed by atoms with van der Waals surface area (Å²) in [4.78, 5) is 2.46. The van der Waals surface area contributed by atoms with Gasteiger partial charge in [-0.2, -0.15) is 0 Å². The van der Waals surface area contributed by atoms with Gasteiger partial charge in [0.1, 0.15) is 0 Å². The maximum absolute atomic E-state index is 2.62. The zero-order valence-electron chi connectivity index (χ0n) is 34.8. The molecule has 11 aromatic rings. The summed E-state index contributed by atoms with van der Waals surface area (Å²) in [6.45, 7) is 0. The van der Waals surface area contributed by atoms with Crippen LogP contribution in [-0.4, -0.2) is 4.57 Å². The molecule has 0 unspecified atom stereocenters. The Hall–Kier alpha value is -7.20. The van der Waals surface area contributed by atoms with Crippen LogP contribution in [0.25, 0.3) is 92.2 Å². The van der Waals surface area contributed by atoms with Crippen LogP contribution in [0.2, 0.25) is 0 Å². The van der Waals surface area contributed by atoms with Crippen molar-refractivity contribution in [2.75, 3.05) is 4.90 Å². The zero-order valence-corrected chi connectivity index (χ0v) is 35.6. The summed E-state index contributed by atoms with van der Waals surface area (Å²) in [6.07, 6.45) is 6.39. The normalized spacial score (nSPS) is 14.5. The molecule has 9 aromatic carbocycles. The van der Waals surface area contributed by atoms with Crippen molar-refractivity contribution in [1.82, 2.24) is 4.57 Å². The molecule has 0 N–H and O–H groups in total. The third kappa shape index (κ3) is 5.00. The van der Waals surface area contributed by atoms with Crippen molar-refractivity contribution in [3.05, 3.63) is 205 Å². The molecule has 1 saturated carbocycles. The van der Waals surface area contributed by atoms with Gasteiger partial charge in [-0.25, -0.2) is 0 Å². The summed E-state index contributed by atoms with van der Waals surface area (Å²) >= 11 is 1.87. The number of aromatic nitrogens is 1. The second-order valence-electron chi connectivity index (χ2n) is 17.9. The number of para-hydroxylation sites is 1. The molecular weight excluding hydrogens is 781 g/mol. The van der Waals surface area contributed by atoms with E-state index < -0.39 is 0 Å². The van der Waals surface area contributed by atoms with Crippen LogP contribution in [0.1, 0.15) is 43.2 Å². The summed E-state index contributed by atoms with van der Waals surface area (Å²) in [5.41, 5.74) is 21.1. The Labute approximate surface area is 370 Å². The Morgan fingerprint density at radius 1 is 0.444 bits per heavy atom. The van der Waals surface area contributed by atoms with E-state index in [0.717, 1.165) is 11.4 Å². The molecule has 2 aliphatic carbocycles. The summed E-state index contributed by atoms with van der Waals surface area (Å²) < 4.78 is 5.22. The number of thiophene rings is 1. The quantitative estimate of drug-likeness (QED) is 0.168. The molecule has 0 radical (unpaired) electrons. The number of hydrogen-bond acceptors (Lipinski definition) is 2. The van der Waals surface area contributed by atoms with Gasteiger partial charge in [0.15, 0.2) is 0 Å². The number of nitrogens with zero attached hydrogens (tertiary/aromatic N) is 2. The van der Waals surface area contributed by atoms with Gasteiger partial charge < -0.3 is 9.47 Å². The van der Waals surface area contributed by atoms with Crippen LogP contribution in [-0.2, 0) is 5.41 Å². The van der Waals surface area contributed by atoms with Crippen molar-refractivity contribution in [1.29, 1.82) is 0 Å². The predicted octanol–water partition coefficient (Wildman–Crippen LogP) is 17.2. The van der Waals surface area contributed by atoms with Crippen molar-refractivity contribution in [2.24, 2.45) is 0 Å². The Morgan fingerprint density at radius 3 is 2.03 bits per heavy atom. The van der Waals surface area contributed by atoms with E-state index >= 15 is 0 Å². The monoisotopic (exact) mass is 822 g/mol. The fourth-order valence-electron chi connectivity index (χ4n) is 12.0. The molecule has 3 heterocycles. The number of rotatable bonds is 5. The molecule has 3 heteroatoms. The van der Waals surface area contributed by atoms with Crippen LogP contribution >= 0.6 is 11.3 Å². The molecule has 298 valence electrons. The summed E-state index contributed by atoms with van der Waals surface area (Å²) in [6, 6.07) is 73.0. The Bertz CT molecular complexity index is 3660. The molecule has 2 aromatic heterocycles. The van der Waals surface area contributed by atoms with E-state index in [1.165, 1.54) is 130 Å². The van der Waals surface area contributed by atoms with Gasteiger partial charge in [-0.1, -0.05) is 159 Å². The van der Waals surface area contributed by atoms with Crippen molar-refractivity contribution < 1.29 is 0 Å². The molecule has 3 aliphatic rings. The molecular formula is C60H42N2S. The summed E-state index contributed by atoms with van der Waals surface area (Å²) in [5.74, 6) is 0. The minimum atomic E-state index is 0.104. The number of fused-ring (bicyclic) bond motifs is 11. The van der Waals surface area contributed by atoms with E-state index in [2.05, 4.69) is 204 Å². The largest absolute Gasteiger partial charge is 0.310 e. The third-order valence-electron chi connectivity index (χ3n) is 14.7. The van der Waals surface area contributed by atoms with Crippen LogP contribution in [0.3, 0.4) is 0 Å². The molecule has 0 atom stereocenters. The minimum absolute atomic E-state index is 0.104. The molecule has 0 amide bonds. The molecule has 1 aliphatic heterocycles. The first-order chi connectivity index (χ1) is 31.2. The van der Waals surface area contributed by atoms with Gasteiger partial charge in [-0.05, 0) is 112 Å². The van der Waals surface area contributed by atoms with Crippen LogP contribution in [0, 0.1) is 0 Å². The Kier molecular flexibility index (Phi) is 7.53. The zero-order chi connectivity index (χ0) is 41.2. The fraction of sp³-hybridized carbons (Fsp3) is 0.100. The maximum Gasteiger partial charge on any atom is 0.0623 e. The molecule has 2 nitrogen and oxygen atoms in total. The smallest absolute Gasteiger partial charge is 0.0623 e. The maximum atomic E-state index is 2.62. The van der Waals surface area contributed by atoms with Gasteiger partial charge in [0.2, 0.25) is 0 Å². The Balaban J connectivity index is 0.950. The van der Waals surface area contributed by atoms with Crippen LogP contribution in [0.15, 0.2) is 194 Å². The van der Waals surface area contributed by atoms with Gasteiger partial charge >= 0.3 is 0 Å². The van der Waals surface area contributed by atoms with E-state index in [9.17, 15) is 0 Å². The van der Waals surface area contributed by atoms with Gasteiger partial charge in [-0.3, -0.25) is 0 Å². The molecule has 1 spiro atoms. The van der Waals surface area contributed by atoms with Crippen molar-refractivity contribution in [3.63, 3.8) is 0 Å². The molecule has 14 rings (SSSR count). The third-order valence-corrected chi connectivity index (χ3v) is 15.8. The second-order valence-corrected chi connectivity index (χ2v) is 19.0. The van der Waals surface area contributed by atoms with E-state index in [4.69, 9.17) is 0 Å². The minimum Gasteiger partial charge on any atom is -0.310 e. The standard InChI is InChI=1S/C60H42N2S/c1-3-14-38(15-4-1)40-16-11-17-43(36-40)61(52-23-13-25-55-57(52)48-19-6-8-24-54(48)63-55)42-29-26-39(27-30-42)41-28-31-45-47-32-33-50-58-56-46(20-12-21-49(56)60(50)34-9-2-10-35-60)44-18-5-7-22-51(44)62(59(47)58)53(45)37-41/h1,3-8,11-33,36-37H,2,9-10,34-35H2. The molecule has 0 saturated heterocycles. The van der Waals surface area contributed by atoms with Crippen LogP contribution < -0.4 is 4.90 Å². The lowest BCUT2D eigenvalue weighted by atomic mass is 9.67. The lowest BCUT2D eigenvalue weighted by Crippen LogP contribution is -2.28. The topological polar surface area (TPSA) is 8.17 Å². The van der Waals surface area contributed by atoms with E-state index in [1.54, 1.807) is 11.1 Å². The first-order valence-electron chi connectivity index (χ1n) is 22.6. The SMILES string of the molecule is c1ccc(-c2cccc(N(c3ccc(-c4ccc5c6ccc7c8c6n(c5c4)-c4ccccc4-c4cccc(c4-8)C74CCCCC4)cc3)c3cccc4sc5ccccc5c34)c2)cc1. The summed E-state index contributed by atoms with van der Waals surface area (Å²) in [7, 11) is 0. The van der Waals surface area contributed by atoms with Crippen molar-refractivity contribution in [3.8, 4) is 50.2 Å². The second kappa shape index (κ2) is 13.4. The molecule has 0 bridgehead atoms. The first-order valence-corrected chi connectivity index (χ1v) is 23.4. The predicted molar refractivity (Wildman–Crippen MR) is 268 cm³/mol. The highest BCUT2D eigenvalue weighted by atomic mass is 32.1. The van der Waals surface area contributed by atoms with E-state index in [1.807, 2.05) is 11.3 Å². The lowest BCUT2D eigenvalue weighted by molar-refractivity contribution is 0.353. The van der Waals surface area contributed by atoms with Gasteiger partial charge in [0.25, 0.3) is 0 Å². The number of benzene rings is 9. The van der Waals surface area contributed by atoms with Crippen molar-refractivity contribution in [2.45, 2.75) is 37.5 Å². The van der Waals surface area contributed by atoms with Crippen molar-refractivity contribution >= 4 is 70.4 Å². The van der Waals surface area contributed by atoms with Crippen LogP contribution in [0.4, 0.5) is 17.1 Å². The Morgan fingerprint density at radius 2 is 1.13 bits per heavy atom. The van der Waals surface area contributed by atoms with Crippen LogP contribution in [0.5, 0.6) is 0 Å². The first kappa shape index (κ1) is 35.4. The lowest BCUT2D eigenvalue weighted by Gasteiger charge is -2.36. The average molecular weight is 823 g/mol. The molecule has 63 heavy (non-hydrogen) atoms. The van der Waals surface area contributed by atoms with Gasteiger partial charge in [0, 0.05) is 58.9 Å². The van der Waals surface area contributed by atoms with E-state index in [0.29, 0.717) is 0 Å². The van der Waals surface area contributed by atoms with Gasteiger partial charge in [0.05, 0.1) is 22.4 Å². The molecule has 1 fully saturated rings. The highest BCUT2D eigenvalue weighted by Gasteiger charge is 2.46.